The van der Waals surface area contributed by atoms with E-state index in [4.69, 9.17) is 0 Å². The van der Waals surface area contributed by atoms with Gasteiger partial charge in [-0.15, -0.1) is 0 Å². The molecule has 0 spiro atoms. The Bertz CT molecular complexity index is 959. The van der Waals surface area contributed by atoms with E-state index in [0.29, 0.717) is 30.1 Å². The SMILES string of the molecule is CCCn1c(=O)c2[nH]c(-c3ccnn3C)nc2n(CCC)c1=O. The summed E-state index contributed by atoms with van der Waals surface area (Å²) in [5.74, 6) is 0.538. The van der Waals surface area contributed by atoms with Crippen LogP contribution in [0.3, 0.4) is 0 Å². The Kier molecular flexibility index (Phi) is 3.89. The monoisotopic (exact) mass is 316 g/mol. The van der Waals surface area contributed by atoms with E-state index in [9.17, 15) is 9.59 Å². The molecule has 3 aromatic rings. The maximum Gasteiger partial charge on any atom is 0.332 e. The summed E-state index contributed by atoms with van der Waals surface area (Å²) in [5.41, 5.74) is 0.917. The van der Waals surface area contributed by atoms with Gasteiger partial charge in [0.2, 0.25) is 0 Å². The zero-order chi connectivity index (χ0) is 16.6. The van der Waals surface area contributed by atoms with Gasteiger partial charge in [0.05, 0.1) is 0 Å². The first-order chi connectivity index (χ1) is 11.1. The fraction of sp³-hybridized carbons (Fsp3) is 0.467. The summed E-state index contributed by atoms with van der Waals surface area (Å²) in [6.07, 6.45) is 3.17. The first-order valence-electron chi connectivity index (χ1n) is 7.80. The number of nitrogens with zero attached hydrogens (tertiary/aromatic N) is 5. The van der Waals surface area contributed by atoms with Gasteiger partial charge < -0.3 is 4.98 Å². The minimum Gasteiger partial charge on any atom is -0.331 e. The van der Waals surface area contributed by atoms with Crippen LogP contribution in [0.4, 0.5) is 0 Å². The first-order valence-corrected chi connectivity index (χ1v) is 7.80. The normalized spacial score (nSPS) is 11.4. The van der Waals surface area contributed by atoms with Crippen LogP contribution in [0.2, 0.25) is 0 Å². The second-order valence-electron chi connectivity index (χ2n) is 5.52. The van der Waals surface area contributed by atoms with Gasteiger partial charge in [0, 0.05) is 26.3 Å². The van der Waals surface area contributed by atoms with Crippen molar-refractivity contribution >= 4 is 11.2 Å². The lowest BCUT2D eigenvalue weighted by molar-refractivity contribution is 0.555. The molecule has 1 N–H and O–H groups in total. The number of rotatable bonds is 5. The maximum atomic E-state index is 12.6. The molecule has 3 rings (SSSR count). The van der Waals surface area contributed by atoms with Crippen LogP contribution < -0.4 is 11.2 Å². The number of hydrogen-bond donors (Lipinski definition) is 1. The topological polar surface area (TPSA) is 90.5 Å². The zero-order valence-corrected chi connectivity index (χ0v) is 13.5. The van der Waals surface area contributed by atoms with Crippen molar-refractivity contribution in [3.8, 4) is 11.5 Å². The van der Waals surface area contributed by atoms with Crippen LogP contribution in [0.25, 0.3) is 22.7 Å². The number of fused-ring (bicyclic) bond motifs is 1. The highest BCUT2D eigenvalue weighted by Crippen LogP contribution is 2.17. The summed E-state index contributed by atoms with van der Waals surface area (Å²) in [7, 11) is 1.80. The highest BCUT2D eigenvalue weighted by molar-refractivity contribution is 5.74. The molecule has 122 valence electrons. The predicted molar refractivity (Wildman–Crippen MR) is 87.4 cm³/mol. The van der Waals surface area contributed by atoms with Crippen LogP contribution in [0.1, 0.15) is 26.7 Å². The summed E-state index contributed by atoms with van der Waals surface area (Å²) in [6.45, 7) is 4.85. The molecule has 3 aromatic heterocycles. The molecule has 0 fully saturated rings. The number of aromatic amines is 1. The third-order valence-corrected chi connectivity index (χ3v) is 3.82. The summed E-state index contributed by atoms with van der Waals surface area (Å²) in [4.78, 5) is 32.8. The number of aromatic nitrogens is 6. The minimum atomic E-state index is -0.319. The van der Waals surface area contributed by atoms with Crippen molar-refractivity contribution in [1.29, 1.82) is 0 Å². The number of H-pyrrole nitrogens is 1. The molecule has 0 unspecified atom stereocenters. The molecule has 3 heterocycles. The lowest BCUT2D eigenvalue weighted by Crippen LogP contribution is -2.40. The van der Waals surface area contributed by atoms with E-state index in [-0.39, 0.29) is 11.2 Å². The molecule has 0 saturated heterocycles. The molecular weight excluding hydrogens is 296 g/mol. The molecule has 0 bridgehead atoms. The lowest BCUT2D eigenvalue weighted by Gasteiger charge is -2.09. The van der Waals surface area contributed by atoms with Crippen LogP contribution in [0.15, 0.2) is 21.9 Å². The molecule has 0 radical (unpaired) electrons. The highest BCUT2D eigenvalue weighted by Gasteiger charge is 2.18. The third-order valence-electron chi connectivity index (χ3n) is 3.82. The molecule has 8 nitrogen and oxygen atoms in total. The largest absolute Gasteiger partial charge is 0.332 e. The quantitative estimate of drug-likeness (QED) is 0.763. The van der Waals surface area contributed by atoms with E-state index >= 15 is 0 Å². The van der Waals surface area contributed by atoms with Gasteiger partial charge in [0.1, 0.15) is 11.2 Å². The smallest absolute Gasteiger partial charge is 0.331 e. The fourth-order valence-corrected chi connectivity index (χ4v) is 2.74. The number of aryl methyl sites for hydroxylation is 2. The molecule has 0 amide bonds. The van der Waals surface area contributed by atoms with E-state index in [0.717, 1.165) is 18.5 Å². The Labute approximate surface area is 132 Å². The van der Waals surface area contributed by atoms with Crippen LogP contribution in [0.5, 0.6) is 0 Å². The molecule has 8 heteroatoms. The second kappa shape index (κ2) is 5.86. The highest BCUT2D eigenvalue weighted by atomic mass is 16.2. The van der Waals surface area contributed by atoms with Crippen molar-refractivity contribution in [3.63, 3.8) is 0 Å². The molecule has 0 aromatic carbocycles. The maximum absolute atomic E-state index is 12.6. The van der Waals surface area contributed by atoms with Gasteiger partial charge in [0.15, 0.2) is 11.5 Å². The van der Waals surface area contributed by atoms with Gasteiger partial charge in [-0.3, -0.25) is 18.6 Å². The number of imidazole rings is 1. The van der Waals surface area contributed by atoms with Gasteiger partial charge in [0.25, 0.3) is 5.56 Å². The van der Waals surface area contributed by atoms with Gasteiger partial charge in [-0.05, 0) is 18.9 Å². The van der Waals surface area contributed by atoms with Crippen LogP contribution in [0, 0.1) is 0 Å². The first kappa shape index (κ1) is 15.3. The van der Waals surface area contributed by atoms with Gasteiger partial charge in [-0.2, -0.15) is 5.10 Å². The van der Waals surface area contributed by atoms with Crippen molar-refractivity contribution < 1.29 is 0 Å². The fourth-order valence-electron chi connectivity index (χ4n) is 2.74. The van der Waals surface area contributed by atoms with Gasteiger partial charge in [-0.25, -0.2) is 9.78 Å². The molecule has 0 aliphatic rings. The van der Waals surface area contributed by atoms with E-state index in [2.05, 4.69) is 15.1 Å². The van der Waals surface area contributed by atoms with E-state index in [1.165, 1.54) is 4.57 Å². The second-order valence-corrected chi connectivity index (χ2v) is 5.52. The summed E-state index contributed by atoms with van der Waals surface area (Å²) >= 11 is 0. The van der Waals surface area contributed by atoms with Crippen molar-refractivity contribution in [3.05, 3.63) is 33.1 Å². The van der Waals surface area contributed by atoms with Crippen LogP contribution in [-0.2, 0) is 20.1 Å². The molecule has 0 saturated carbocycles. The van der Waals surface area contributed by atoms with Crippen molar-refractivity contribution in [2.75, 3.05) is 0 Å². The van der Waals surface area contributed by atoms with Gasteiger partial charge >= 0.3 is 5.69 Å². The van der Waals surface area contributed by atoms with Crippen LogP contribution >= 0.6 is 0 Å². The van der Waals surface area contributed by atoms with Crippen molar-refractivity contribution in [1.82, 2.24) is 28.9 Å². The van der Waals surface area contributed by atoms with Crippen molar-refractivity contribution in [2.24, 2.45) is 7.05 Å². The Morgan fingerprint density at radius 1 is 1.13 bits per heavy atom. The Morgan fingerprint density at radius 3 is 2.43 bits per heavy atom. The van der Waals surface area contributed by atoms with Gasteiger partial charge in [-0.1, -0.05) is 13.8 Å². The average Bonchev–Trinajstić information content (AvgIpc) is 3.14. The lowest BCUT2D eigenvalue weighted by atomic mass is 10.4. The molecule has 0 aliphatic heterocycles. The van der Waals surface area contributed by atoms with E-state index in [1.807, 2.05) is 19.9 Å². The van der Waals surface area contributed by atoms with Crippen LogP contribution in [-0.4, -0.2) is 28.9 Å². The summed E-state index contributed by atoms with van der Waals surface area (Å²) < 4.78 is 4.52. The average molecular weight is 316 g/mol. The summed E-state index contributed by atoms with van der Waals surface area (Å²) in [6, 6.07) is 1.81. The number of nitrogens with one attached hydrogen (secondary N) is 1. The molecule has 0 aliphatic carbocycles. The zero-order valence-electron chi connectivity index (χ0n) is 13.5. The summed E-state index contributed by atoms with van der Waals surface area (Å²) in [5, 5.41) is 4.11. The predicted octanol–water partition coefficient (Wildman–Crippen LogP) is 1.11. The van der Waals surface area contributed by atoms with Crippen molar-refractivity contribution in [2.45, 2.75) is 39.8 Å². The minimum absolute atomic E-state index is 0.297. The van der Waals surface area contributed by atoms with E-state index in [1.54, 1.807) is 22.5 Å². The number of hydrogen-bond acceptors (Lipinski definition) is 4. The molecule has 23 heavy (non-hydrogen) atoms. The Balaban J connectivity index is 2.34. The Morgan fingerprint density at radius 2 is 1.83 bits per heavy atom. The third kappa shape index (κ3) is 2.39. The van der Waals surface area contributed by atoms with E-state index < -0.39 is 0 Å². The molecular formula is C15H20N6O2. The molecule has 0 atom stereocenters. The standard InChI is InChI=1S/C15H20N6O2/c1-4-8-20-13-11(14(22)21(9-5-2)15(20)23)17-12(18-13)10-6-7-16-19(10)3/h6-7H,4-5,8-9H2,1-3H3,(H,17,18). The Hall–Kier alpha value is -2.64.